The highest BCUT2D eigenvalue weighted by atomic mass is 16.5. The summed E-state index contributed by atoms with van der Waals surface area (Å²) in [6, 6.07) is 12.5. The minimum absolute atomic E-state index is 0.172. The third-order valence-electron chi connectivity index (χ3n) is 2.79. The van der Waals surface area contributed by atoms with E-state index in [-0.39, 0.29) is 5.56 Å². The number of carbonyl (C=O) groups excluding carboxylic acids is 1. The lowest BCUT2D eigenvalue weighted by atomic mass is 10.0. The number of benzene rings is 2. The van der Waals surface area contributed by atoms with Crippen molar-refractivity contribution in [3.05, 3.63) is 53.6 Å². The molecule has 0 aromatic heterocycles. The Morgan fingerprint density at radius 3 is 2.33 bits per heavy atom. The molecule has 0 saturated carbocycles. The molecular weight excluding hydrogens is 228 g/mol. The molecule has 0 aliphatic carbocycles. The molecule has 0 radical (unpaired) electrons. The first-order valence-electron chi connectivity index (χ1n) is 5.58. The molecule has 0 fully saturated rings. The molecule has 3 nitrogen and oxygen atoms in total. The first-order chi connectivity index (χ1) is 8.61. The van der Waals surface area contributed by atoms with Crippen molar-refractivity contribution in [1.29, 1.82) is 0 Å². The quantitative estimate of drug-likeness (QED) is 0.826. The maximum Gasteiger partial charge on any atom is 0.126 e. The summed E-state index contributed by atoms with van der Waals surface area (Å²) >= 11 is 0. The number of hydrogen-bond acceptors (Lipinski definition) is 3. The van der Waals surface area contributed by atoms with Crippen molar-refractivity contribution in [3.63, 3.8) is 0 Å². The second-order valence-electron chi connectivity index (χ2n) is 4.07. The summed E-state index contributed by atoms with van der Waals surface area (Å²) in [6.07, 6.45) is 0. The van der Waals surface area contributed by atoms with Gasteiger partial charge in [0.2, 0.25) is 0 Å². The molecule has 2 aromatic carbocycles. The molecule has 2 rings (SSSR count). The summed E-state index contributed by atoms with van der Waals surface area (Å²) in [4.78, 5) is 10.7. The minimum atomic E-state index is -1.17. The van der Waals surface area contributed by atoms with E-state index in [4.69, 9.17) is 4.74 Å². The monoisotopic (exact) mass is 241 g/mol. The van der Waals surface area contributed by atoms with E-state index in [1.54, 1.807) is 19.2 Å². The van der Waals surface area contributed by atoms with E-state index < -0.39 is 5.97 Å². The zero-order valence-electron chi connectivity index (χ0n) is 10.3. The number of aromatic carboxylic acids is 1. The highest BCUT2D eigenvalue weighted by Gasteiger charge is 2.06. The van der Waals surface area contributed by atoms with E-state index >= 15 is 0 Å². The van der Waals surface area contributed by atoms with Crippen molar-refractivity contribution in [3.8, 4) is 16.9 Å². The predicted octanol–water partition coefficient (Wildman–Crippen LogP) is 2.03. The molecule has 3 heteroatoms. The Morgan fingerprint density at radius 1 is 1.11 bits per heavy atom. The van der Waals surface area contributed by atoms with Crippen LogP contribution in [0.3, 0.4) is 0 Å². The Kier molecular flexibility index (Phi) is 3.33. The summed E-state index contributed by atoms with van der Waals surface area (Å²) in [6.45, 7) is 2.00. The van der Waals surface area contributed by atoms with Crippen LogP contribution in [0.1, 0.15) is 15.9 Å². The van der Waals surface area contributed by atoms with E-state index in [1.165, 1.54) is 12.1 Å². The predicted molar refractivity (Wildman–Crippen MR) is 67.5 cm³/mol. The number of hydrogen-bond donors (Lipinski definition) is 0. The topological polar surface area (TPSA) is 49.4 Å². The molecule has 0 atom stereocenters. The van der Waals surface area contributed by atoms with Crippen LogP contribution in [-0.2, 0) is 0 Å². The van der Waals surface area contributed by atoms with Crippen LogP contribution in [0.15, 0.2) is 42.5 Å². The van der Waals surface area contributed by atoms with Crippen molar-refractivity contribution in [2.45, 2.75) is 6.92 Å². The SMILES string of the molecule is COc1ccc(C)cc1-c1ccc(C(=O)[O-])cc1. The largest absolute Gasteiger partial charge is 0.545 e. The summed E-state index contributed by atoms with van der Waals surface area (Å²) in [7, 11) is 1.61. The number of carbonyl (C=O) groups is 1. The highest BCUT2D eigenvalue weighted by molar-refractivity contribution is 5.86. The van der Waals surface area contributed by atoms with Crippen molar-refractivity contribution < 1.29 is 14.6 Å². The van der Waals surface area contributed by atoms with Gasteiger partial charge < -0.3 is 14.6 Å². The summed E-state index contributed by atoms with van der Waals surface area (Å²) in [5.41, 5.74) is 3.16. The van der Waals surface area contributed by atoms with Crippen LogP contribution in [-0.4, -0.2) is 13.1 Å². The van der Waals surface area contributed by atoms with E-state index in [1.807, 2.05) is 25.1 Å². The maximum absolute atomic E-state index is 10.7. The highest BCUT2D eigenvalue weighted by Crippen LogP contribution is 2.30. The zero-order chi connectivity index (χ0) is 13.1. The van der Waals surface area contributed by atoms with Crippen molar-refractivity contribution in [2.24, 2.45) is 0 Å². The molecule has 0 saturated heterocycles. The Labute approximate surface area is 106 Å². The van der Waals surface area contributed by atoms with E-state index in [0.29, 0.717) is 0 Å². The molecule has 0 heterocycles. The summed E-state index contributed by atoms with van der Waals surface area (Å²) < 4.78 is 5.30. The summed E-state index contributed by atoms with van der Waals surface area (Å²) in [5.74, 6) is -0.403. The Morgan fingerprint density at radius 2 is 1.78 bits per heavy atom. The molecule has 0 bridgehead atoms. The molecule has 0 aliphatic heterocycles. The fourth-order valence-corrected chi connectivity index (χ4v) is 1.83. The van der Waals surface area contributed by atoms with Crippen molar-refractivity contribution in [1.82, 2.24) is 0 Å². The Balaban J connectivity index is 2.48. The van der Waals surface area contributed by atoms with Crippen LogP contribution in [0, 0.1) is 6.92 Å². The fourth-order valence-electron chi connectivity index (χ4n) is 1.83. The van der Waals surface area contributed by atoms with Gasteiger partial charge in [-0.15, -0.1) is 0 Å². The Bertz CT molecular complexity index is 571. The first kappa shape index (κ1) is 12.2. The molecule has 18 heavy (non-hydrogen) atoms. The fraction of sp³-hybridized carbons (Fsp3) is 0.133. The second kappa shape index (κ2) is 4.92. The van der Waals surface area contributed by atoms with Gasteiger partial charge in [0.05, 0.1) is 13.1 Å². The lowest BCUT2D eigenvalue weighted by molar-refractivity contribution is -0.255. The van der Waals surface area contributed by atoms with E-state index in [9.17, 15) is 9.90 Å². The maximum atomic E-state index is 10.7. The Hall–Kier alpha value is -2.29. The van der Waals surface area contributed by atoms with Gasteiger partial charge in [-0.2, -0.15) is 0 Å². The van der Waals surface area contributed by atoms with Crippen LogP contribution in [0.2, 0.25) is 0 Å². The molecule has 0 N–H and O–H groups in total. The molecule has 2 aromatic rings. The third kappa shape index (κ3) is 2.35. The average Bonchev–Trinajstić information content (AvgIpc) is 2.39. The van der Waals surface area contributed by atoms with Gasteiger partial charge >= 0.3 is 0 Å². The smallest absolute Gasteiger partial charge is 0.126 e. The number of rotatable bonds is 3. The first-order valence-corrected chi connectivity index (χ1v) is 5.58. The number of carboxylic acids is 1. The number of carboxylic acid groups (broad SMARTS) is 1. The van der Waals surface area contributed by atoms with Crippen LogP contribution < -0.4 is 9.84 Å². The van der Waals surface area contributed by atoms with Gasteiger partial charge in [0, 0.05) is 5.56 Å². The average molecular weight is 241 g/mol. The minimum Gasteiger partial charge on any atom is -0.545 e. The van der Waals surface area contributed by atoms with Gasteiger partial charge in [-0.05, 0) is 30.2 Å². The lowest BCUT2D eigenvalue weighted by Gasteiger charge is -2.10. The standard InChI is InChI=1S/C15H14O3/c1-10-3-8-14(18-2)13(9-10)11-4-6-12(7-5-11)15(16)17/h3-9H,1-2H3,(H,16,17)/p-1. The lowest BCUT2D eigenvalue weighted by Crippen LogP contribution is -2.21. The molecule has 0 amide bonds. The molecule has 92 valence electrons. The van der Waals surface area contributed by atoms with E-state index in [2.05, 4.69) is 0 Å². The molecular formula is C15H13O3-. The zero-order valence-corrected chi connectivity index (χ0v) is 10.3. The third-order valence-corrected chi connectivity index (χ3v) is 2.79. The van der Waals surface area contributed by atoms with E-state index in [0.717, 1.165) is 22.4 Å². The van der Waals surface area contributed by atoms with Crippen molar-refractivity contribution in [2.75, 3.05) is 7.11 Å². The van der Waals surface area contributed by atoms with Gasteiger partial charge in [-0.25, -0.2) is 0 Å². The van der Waals surface area contributed by atoms with Crippen molar-refractivity contribution >= 4 is 5.97 Å². The second-order valence-corrected chi connectivity index (χ2v) is 4.07. The number of ether oxygens (including phenoxy) is 1. The van der Waals surface area contributed by atoms with Gasteiger partial charge in [-0.3, -0.25) is 0 Å². The van der Waals surface area contributed by atoms with Gasteiger partial charge in [0.25, 0.3) is 0 Å². The molecule has 0 spiro atoms. The van der Waals surface area contributed by atoms with Gasteiger partial charge in [0.1, 0.15) is 5.75 Å². The summed E-state index contributed by atoms with van der Waals surface area (Å²) in [5, 5.41) is 10.7. The van der Waals surface area contributed by atoms with Crippen LogP contribution >= 0.6 is 0 Å². The van der Waals surface area contributed by atoms with Gasteiger partial charge in [0.15, 0.2) is 0 Å². The molecule has 0 unspecified atom stereocenters. The molecule has 0 aliphatic rings. The van der Waals surface area contributed by atoms with Gasteiger partial charge in [-0.1, -0.05) is 35.9 Å². The van der Waals surface area contributed by atoms with Crippen LogP contribution in [0.25, 0.3) is 11.1 Å². The normalized spacial score (nSPS) is 10.1. The number of methoxy groups -OCH3 is 1. The van der Waals surface area contributed by atoms with Crippen LogP contribution in [0.5, 0.6) is 5.75 Å². The number of aryl methyl sites for hydroxylation is 1. The van der Waals surface area contributed by atoms with Crippen LogP contribution in [0.4, 0.5) is 0 Å².